The molecule has 0 aromatic carbocycles. The number of methoxy groups -OCH3 is 1. The molecule has 3 heteroatoms. The van der Waals surface area contributed by atoms with Crippen molar-refractivity contribution in [2.75, 3.05) is 13.7 Å². The molecule has 0 unspecified atom stereocenters. The molecule has 19 heavy (non-hydrogen) atoms. The van der Waals surface area contributed by atoms with Gasteiger partial charge in [-0.1, -0.05) is 23.8 Å². The molecule has 0 bridgehead atoms. The highest BCUT2D eigenvalue weighted by atomic mass is 16.6. The van der Waals surface area contributed by atoms with Crippen molar-refractivity contribution >= 4 is 0 Å². The Hall–Kier alpha value is -0.640. The van der Waals surface area contributed by atoms with E-state index >= 15 is 0 Å². The number of ether oxygens (including phenoxy) is 2. The maximum Gasteiger partial charge on any atom is 0.101 e. The van der Waals surface area contributed by atoms with Crippen LogP contribution in [0.3, 0.4) is 0 Å². The van der Waals surface area contributed by atoms with Crippen LogP contribution >= 0.6 is 0 Å². The van der Waals surface area contributed by atoms with Gasteiger partial charge in [0.2, 0.25) is 0 Å². The number of hydrogen-bond donors (Lipinski definition) is 1. The van der Waals surface area contributed by atoms with Gasteiger partial charge in [-0.2, -0.15) is 0 Å². The Kier molecular flexibility index (Phi) is 3.54. The Morgan fingerprint density at radius 1 is 1.37 bits per heavy atom. The maximum atomic E-state index is 10.1. The molecule has 3 rings (SSSR count). The smallest absolute Gasteiger partial charge is 0.101 e. The first-order chi connectivity index (χ1) is 9.16. The van der Waals surface area contributed by atoms with E-state index in [1.165, 1.54) is 18.4 Å². The summed E-state index contributed by atoms with van der Waals surface area (Å²) in [6.45, 7) is 2.94. The third-order valence-corrected chi connectivity index (χ3v) is 4.78. The predicted molar refractivity (Wildman–Crippen MR) is 73.8 cm³/mol. The van der Waals surface area contributed by atoms with E-state index in [1.54, 1.807) is 7.11 Å². The normalized spacial score (nSPS) is 43.1. The van der Waals surface area contributed by atoms with Gasteiger partial charge >= 0.3 is 0 Å². The minimum Gasteiger partial charge on any atom is -0.390 e. The third kappa shape index (κ3) is 2.64. The zero-order valence-corrected chi connectivity index (χ0v) is 11.8. The molecule has 3 fully saturated rings. The lowest BCUT2D eigenvalue weighted by Gasteiger charge is -2.39. The van der Waals surface area contributed by atoms with Crippen LogP contribution in [0.1, 0.15) is 32.6 Å². The molecule has 1 saturated heterocycles. The summed E-state index contributed by atoms with van der Waals surface area (Å²) in [4.78, 5) is 0. The van der Waals surface area contributed by atoms with E-state index in [0.29, 0.717) is 0 Å². The molecule has 106 valence electrons. The predicted octanol–water partition coefficient (Wildman–Crippen LogP) is 2.45. The van der Waals surface area contributed by atoms with E-state index in [1.807, 2.05) is 0 Å². The van der Waals surface area contributed by atoms with Gasteiger partial charge in [0, 0.05) is 13.0 Å². The van der Waals surface area contributed by atoms with E-state index in [2.05, 4.69) is 25.2 Å². The van der Waals surface area contributed by atoms with Crippen molar-refractivity contribution in [2.24, 2.45) is 11.8 Å². The van der Waals surface area contributed by atoms with Crippen LogP contribution in [-0.2, 0) is 9.47 Å². The summed E-state index contributed by atoms with van der Waals surface area (Å²) >= 11 is 0. The number of rotatable bonds is 4. The summed E-state index contributed by atoms with van der Waals surface area (Å²) in [5, 5.41) is 10.1. The standard InChI is InChI=1S/C16H24O3/c1-11(4-3-5-12-6-7-12)14-15(18-2)13(17)8-9-16(14)10-19-16/h3-5,12-15,17H,6-10H2,1-2H3/b5-3+,11-4+/t13-,14+,15-,16+/m1/s1. The summed E-state index contributed by atoms with van der Waals surface area (Å²) < 4.78 is 11.3. The summed E-state index contributed by atoms with van der Waals surface area (Å²) in [5.74, 6) is 0.982. The Labute approximate surface area is 115 Å². The fraction of sp³-hybridized carbons (Fsp3) is 0.750. The molecule has 1 spiro atoms. The lowest BCUT2D eigenvalue weighted by Crippen LogP contribution is -2.48. The summed E-state index contributed by atoms with van der Waals surface area (Å²) in [6.07, 6.45) is 10.5. The van der Waals surface area contributed by atoms with Crippen LogP contribution in [0.15, 0.2) is 23.8 Å². The van der Waals surface area contributed by atoms with Gasteiger partial charge in [0.05, 0.1) is 18.8 Å². The van der Waals surface area contributed by atoms with Crippen molar-refractivity contribution < 1.29 is 14.6 Å². The molecule has 1 heterocycles. The highest BCUT2D eigenvalue weighted by Crippen LogP contribution is 2.50. The molecule has 1 aliphatic heterocycles. The highest BCUT2D eigenvalue weighted by molar-refractivity contribution is 5.24. The minimum atomic E-state index is -0.374. The molecule has 0 amide bonds. The van der Waals surface area contributed by atoms with Gasteiger partial charge in [0.15, 0.2) is 0 Å². The molecule has 0 aromatic heterocycles. The van der Waals surface area contributed by atoms with Crippen LogP contribution in [0.5, 0.6) is 0 Å². The molecule has 3 aliphatic rings. The third-order valence-electron chi connectivity index (χ3n) is 4.78. The molecule has 2 aliphatic carbocycles. The number of aliphatic hydroxyl groups is 1. The first kappa shape index (κ1) is 13.3. The molecular weight excluding hydrogens is 240 g/mol. The first-order valence-corrected chi connectivity index (χ1v) is 7.36. The minimum absolute atomic E-state index is 0.0616. The van der Waals surface area contributed by atoms with Crippen molar-refractivity contribution in [1.82, 2.24) is 0 Å². The topological polar surface area (TPSA) is 42.0 Å². The first-order valence-electron chi connectivity index (χ1n) is 7.36. The highest BCUT2D eigenvalue weighted by Gasteiger charge is 2.58. The fourth-order valence-corrected chi connectivity index (χ4v) is 3.37. The zero-order chi connectivity index (χ0) is 13.5. The molecule has 0 aromatic rings. The summed E-state index contributed by atoms with van der Waals surface area (Å²) in [7, 11) is 1.69. The van der Waals surface area contributed by atoms with Crippen molar-refractivity contribution in [1.29, 1.82) is 0 Å². The molecule has 2 saturated carbocycles. The summed E-state index contributed by atoms with van der Waals surface area (Å²) in [6, 6.07) is 0. The Bertz CT molecular complexity index is 391. The number of hydrogen-bond acceptors (Lipinski definition) is 3. The van der Waals surface area contributed by atoms with Gasteiger partial charge in [0.1, 0.15) is 5.60 Å². The van der Waals surface area contributed by atoms with E-state index < -0.39 is 0 Å². The van der Waals surface area contributed by atoms with Gasteiger partial charge < -0.3 is 14.6 Å². The van der Waals surface area contributed by atoms with Crippen molar-refractivity contribution in [2.45, 2.75) is 50.4 Å². The lowest BCUT2D eigenvalue weighted by molar-refractivity contribution is -0.0849. The molecule has 0 radical (unpaired) electrons. The van der Waals surface area contributed by atoms with Crippen molar-refractivity contribution in [3.8, 4) is 0 Å². The monoisotopic (exact) mass is 264 g/mol. The molecule has 3 nitrogen and oxygen atoms in total. The van der Waals surface area contributed by atoms with Crippen LogP contribution in [0.25, 0.3) is 0 Å². The average Bonchev–Trinajstić information content (AvgIpc) is 3.28. The second kappa shape index (κ2) is 5.04. The molecule has 4 atom stereocenters. The van der Waals surface area contributed by atoms with Gasteiger partial charge in [-0.15, -0.1) is 0 Å². The Balaban J connectivity index is 1.77. The van der Waals surface area contributed by atoms with Crippen LogP contribution in [-0.4, -0.2) is 36.6 Å². The van der Waals surface area contributed by atoms with Gasteiger partial charge in [-0.05, 0) is 38.5 Å². The number of epoxide rings is 1. The average molecular weight is 264 g/mol. The van der Waals surface area contributed by atoms with Gasteiger partial charge in [0.25, 0.3) is 0 Å². The van der Waals surface area contributed by atoms with Crippen molar-refractivity contribution in [3.63, 3.8) is 0 Å². The second-order valence-electron chi connectivity index (χ2n) is 6.27. The van der Waals surface area contributed by atoms with Crippen LogP contribution in [0.2, 0.25) is 0 Å². The second-order valence-corrected chi connectivity index (χ2v) is 6.27. The van der Waals surface area contributed by atoms with E-state index in [4.69, 9.17) is 9.47 Å². The maximum absolute atomic E-state index is 10.1. The van der Waals surface area contributed by atoms with Crippen LogP contribution in [0, 0.1) is 11.8 Å². The van der Waals surface area contributed by atoms with E-state index in [-0.39, 0.29) is 23.7 Å². The molecular formula is C16H24O3. The van der Waals surface area contributed by atoms with Crippen LogP contribution < -0.4 is 0 Å². The molecule has 1 N–H and O–H groups in total. The quantitative estimate of drug-likeness (QED) is 0.626. The Morgan fingerprint density at radius 2 is 2.11 bits per heavy atom. The SMILES string of the molecule is CO[C@@H]1[C@H](O)CC[C@]2(CO2)[C@H]1/C(C)=C/C=C/C1CC1. The van der Waals surface area contributed by atoms with E-state index in [9.17, 15) is 5.11 Å². The lowest BCUT2D eigenvalue weighted by atomic mass is 9.72. The summed E-state index contributed by atoms with van der Waals surface area (Å²) in [5.41, 5.74) is 1.20. The number of allylic oxidation sites excluding steroid dienone is 3. The van der Waals surface area contributed by atoms with Crippen LogP contribution in [0.4, 0.5) is 0 Å². The van der Waals surface area contributed by atoms with E-state index in [0.717, 1.165) is 25.4 Å². The van der Waals surface area contributed by atoms with Gasteiger partial charge in [-0.3, -0.25) is 0 Å². The van der Waals surface area contributed by atoms with Crippen molar-refractivity contribution in [3.05, 3.63) is 23.8 Å². The fourth-order valence-electron chi connectivity index (χ4n) is 3.37. The zero-order valence-electron chi connectivity index (χ0n) is 11.8. The van der Waals surface area contributed by atoms with Gasteiger partial charge in [-0.25, -0.2) is 0 Å². The Morgan fingerprint density at radius 3 is 2.68 bits per heavy atom. The number of aliphatic hydroxyl groups excluding tert-OH is 1. The largest absolute Gasteiger partial charge is 0.390 e.